The van der Waals surface area contributed by atoms with E-state index in [0.717, 1.165) is 12.1 Å². The van der Waals surface area contributed by atoms with Gasteiger partial charge in [0.1, 0.15) is 11.8 Å². The number of non-ortho nitro benzene ring substituents is 1. The molecule has 6 nitrogen and oxygen atoms in total. The minimum absolute atomic E-state index is 0.0150. The lowest BCUT2D eigenvalue weighted by molar-refractivity contribution is -0.385. The molecule has 0 atom stereocenters. The highest BCUT2D eigenvalue weighted by atomic mass is 35.5. The number of hydrogen-bond donors (Lipinski definition) is 0. The largest absolute Gasteiger partial charge is 0.484 e. The van der Waals surface area contributed by atoms with Crippen LogP contribution in [0.1, 0.15) is 5.69 Å². The van der Waals surface area contributed by atoms with E-state index in [1.165, 1.54) is 18.5 Å². The Kier molecular flexibility index (Phi) is 3.86. The smallest absolute Gasteiger partial charge is 0.272 e. The zero-order valence-electron chi connectivity index (χ0n) is 9.42. The number of benzene rings is 1. The number of nitrogens with zero attached hydrogens (tertiary/aromatic N) is 3. The Morgan fingerprint density at radius 3 is 2.74 bits per heavy atom. The number of aromatic nitrogens is 2. The van der Waals surface area contributed by atoms with Gasteiger partial charge in [-0.25, -0.2) is 9.37 Å². The molecule has 0 bridgehead atoms. The third-order valence-electron chi connectivity index (χ3n) is 2.18. The molecule has 0 saturated carbocycles. The Morgan fingerprint density at radius 2 is 2.16 bits per heavy atom. The molecule has 0 saturated heterocycles. The van der Waals surface area contributed by atoms with Crippen LogP contribution in [-0.2, 0) is 6.61 Å². The second-order valence-corrected chi connectivity index (χ2v) is 3.88. The topological polar surface area (TPSA) is 78.2 Å². The van der Waals surface area contributed by atoms with Gasteiger partial charge in [-0.3, -0.25) is 15.1 Å². The Balaban J connectivity index is 2.07. The fourth-order valence-corrected chi connectivity index (χ4v) is 1.38. The number of nitro groups is 1. The Hall–Kier alpha value is -2.28. The normalized spacial score (nSPS) is 10.2. The molecule has 0 aliphatic heterocycles. The van der Waals surface area contributed by atoms with Crippen LogP contribution in [0.25, 0.3) is 0 Å². The first-order valence-electron chi connectivity index (χ1n) is 5.09. The van der Waals surface area contributed by atoms with Crippen LogP contribution in [0.4, 0.5) is 10.1 Å². The number of ether oxygens (including phenoxy) is 1. The Labute approximate surface area is 112 Å². The van der Waals surface area contributed by atoms with Crippen molar-refractivity contribution in [1.82, 2.24) is 9.97 Å². The fourth-order valence-electron chi connectivity index (χ4n) is 1.29. The molecule has 1 aromatic heterocycles. The quantitative estimate of drug-likeness (QED) is 0.637. The predicted molar refractivity (Wildman–Crippen MR) is 64.4 cm³/mol. The summed E-state index contributed by atoms with van der Waals surface area (Å²) in [6.45, 7) is -0.0150. The van der Waals surface area contributed by atoms with E-state index >= 15 is 0 Å². The Bertz CT molecular complexity index is 607. The van der Waals surface area contributed by atoms with Crippen LogP contribution in [-0.4, -0.2) is 14.9 Å². The highest BCUT2D eigenvalue weighted by Gasteiger charge is 2.11. The van der Waals surface area contributed by atoms with Crippen molar-refractivity contribution in [2.75, 3.05) is 0 Å². The summed E-state index contributed by atoms with van der Waals surface area (Å²) in [6.07, 6.45) is 2.73. The standard InChI is InChI=1S/C11H7ClFN3O3/c12-11-5-14-7(4-15-11)6-19-10-2-1-8(16(17)18)3-9(10)13/h1-5H,6H2. The maximum absolute atomic E-state index is 13.5. The number of halogens is 2. The highest BCUT2D eigenvalue weighted by Crippen LogP contribution is 2.23. The van der Waals surface area contributed by atoms with E-state index in [1.807, 2.05) is 0 Å². The van der Waals surface area contributed by atoms with Gasteiger partial charge in [0.2, 0.25) is 0 Å². The van der Waals surface area contributed by atoms with Crippen molar-refractivity contribution in [2.24, 2.45) is 0 Å². The summed E-state index contributed by atoms with van der Waals surface area (Å²) in [4.78, 5) is 17.5. The van der Waals surface area contributed by atoms with Crippen LogP contribution in [0.3, 0.4) is 0 Å². The molecular weight excluding hydrogens is 277 g/mol. The van der Waals surface area contributed by atoms with E-state index in [1.54, 1.807) is 0 Å². The van der Waals surface area contributed by atoms with Crippen LogP contribution >= 0.6 is 11.6 Å². The SMILES string of the molecule is O=[N+]([O-])c1ccc(OCc2cnc(Cl)cn2)c(F)c1. The monoisotopic (exact) mass is 283 g/mol. The van der Waals surface area contributed by atoms with E-state index < -0.39 is 10.7 Å². The van der Waals surface area contributed by atoms with Crippen molar-refractivity contribution in [1.29, 1.82) is 0 Å². The van der Waals surface area contributed by atoms with Crippen molar-refractivity contribution < 1.29 is 14.1 Å². The van der Waals surface area contributed by atoms with E-state index in [0.29, 0.717) is 5.69 Å². The molecule has 0 unspecified atom stereocenters. The first-order chi connectivity index (χ1) is 9.06. The summed E-state index contributed by atoms with van der Waals surface area (Å²) >= 11 is 5.56. The summed E-state index contributed by atoms with van der Waals surface area (Å²) in [7, 11) is 0. The average molecular weight is 284 g/mol. The number of hydrogen-bond acceptors (Lipinski definition) is 5. The third kappa shape index (κ3) is 3.35. The van der Waals surface area contributed by atoms with Gasteiger partial charge in [0.25, 0.3) is 5.69 Å². The molecule has 0 aliphatic carbocycles. The van der Waals surface area contributed by atoms with Gasteiger partial charge in [0.15, 0.2) is 11.6 Å². The molecule has 1 aromatic carbocycles. The van der Waals surface area contributed by atoms with Gasteiger partial charge in [0, 0.05) is 6.07 Å². The number of nitro benzene ring substituents is 1. The maximum atomic E-state index is 13.5. The first-order valence-corrected chi connectivity index (χ1v) is 5.47. The summed E-state index contributed by atoms with van der Waals surface area (Å²) < 4.78 is 18.6. The van der Waals surface area contributed by atoms with Crippen LogP contribution in [0.5, 0.6) is 5.75 Å². The van der Waals surface area contributed by atoms with Crippen molar-refractivity contribution >= 4 is 17.3 Å². The maximum Gasteiger partial charge on any atom is 0.272 e. The zero-order chi connectivity index (χ0) is 13.8. The average Bonchev–Trinajstić information content (AvgIpc) is 2.39. The molecule has 0 radical (unpaired) electrons. The summed E-state index contributed by atoms with van der Waals surface area (Å²) in [5.74, 6) is -0.904. The zero-order valence-corrected chi connectivity index (χ0v) is 10.2. The van der Waals surface area contributed by atoms with Crippen LogP contribution in [0.15, 0.2) is 30.6 Å². The second kappa shape index (κ2) is 5.57. The van der Waals surface area contributed by atoms with Gasteiger partial charge >= 0.3 is 0 Å². The molecule has 0 spiro atoms. The van der Waals surface area contributed by atoms with E-state index in [9.17, 15) is 14.5 Å². The van der Waals surface area contributed by atoms with Crippen molar-refractivity contribution in [3.05, 3.63) is 57.4 Å². The minimum Gasteiger partial charge on any atom is -0.484 e. The van der Waals surface area contributed by atoms with Gasteiger partial charge in [-0.1, -0.05) is 11.6 Å². The predicted octanol–water partition coefficient (Wildman–Crippen LogP) is 2.76. The summed E-state index contributed by atoms with van der Waals surface area (Å²) in [5, 5.41) is 10.7. The molecule has 0 fully saturated rings. The summed E-state index contributed by atoms with van der Waals surface area (Å²) in [5.41, 5.74) is 0.123. The van der Waals surface area contributed by atoms with Crippen LogP contribution in [0, 0.1) is 15.9 Å². The molecule has 8 heteroatoms. The van der Waals surface area contributed by atoms with E-state index in [2.05, 4.69) is 9.97 Å². The van der Waals surface area contributed by atoms with E-state index in [4.69, 9.17) is 16.3 Å². The van der Waals surface area contributed by atoms with Gasteiger partial charge in [-0.2, -0.15) is 0 Å². The fraction of sp³-hybridized carbons (Fsp3) is 0.0909. The molecule has 0 N–H and O–H groups in total. The van der Waals surface area contributed by atoms with Gasteiger partial charge < -0.3 is 4.74 Å². The lowest BCUT2D eigenvalue weighted by Gasteiger charge is -2.06. The molecule has 0 amide bonds. The number of rotatable bonds is 4. The summed E-state index contributed by atoms with van der Waals surface area (Å²) in [6, 6.07) is 3.14. The van der Waals surface area contributed by atoms with Gasteiger partial charge in [0.05, 0.1) is 29.1 Å². The molecule has 98 valence electrons. The van der Waals surface area contributed by atoms with Gasteiger partial charge in [-0.15, -0.1) is 0 Å². The Morgan fingerprint density at radius 1 is 1.37 bits per heavy atom. The van der Waals surface area contributed by atoms with Crippen LogP contribution in [0.2, 0.25) is 5.15 Å². The van der Waals surface area contributed by atoms with Crippen molar-refractivity contribution in [3.8, 4) is 5.75 Å². The van der Waals surface area contributed by atoms with E-state index in [-0.39, 0.29) is 23.2 Å². The lowest BCUT2D eigenvalue weighted by Crippen LogP contribution is -2.01. The van der Waals surface area contributed by atoms with Crippen LogP contribution < -0.4 is 4.74 Å². The molecule has 2 rings (SSSR count). The molecule has 0 aliphatic rings. The molecule has 2 aromatic rings. The van der Waals surface area contributed by atoms with Crippen molar-refractivity contribution in [2.45, 2.75) is 6.61 Å². The molecule has 1 heterocycles. The highest BCUT2D eigenvalue weighted by molar-refractivity contribution is 6.29. The lowest BCUT2D eigenvalue weighted by atomic mass is 10.3. The molecule has 19 heavy (non-hydrogen) atoms. The first kappa shape index (κ1) is 13.2. The minimum atomic E-state index is -0.809. The van der Waals surface area contributed by atoms with Gasteiger partial charge in [-0.05, 0) is 6.07 Å². The second-order valence-electron chi connectivity index (χ2n) is 3.49. The molecular formula is C11H7ClFN3O3. The third-order valence-corrected chi connectivity index (χ3v) is 2.37. The van der Waals surface area contributed by atoms with Crippen molar-refractivity contribution in [3.63, 3.8) is 0 Å².